The van der Waals surface area contributed by atoms with Gasteiger partial charge in [0, 0.05) is 16.6 Å². The molecule has 0 radical (unpaired) electrons. The molecule has 1 fully saturated rings. The van der Waals surface area contributed by atoms with Crippen LogP contribution < -0.4 is 15.4 Å². The van der Waals surface area contributed by atoms with Gasteiger partial charge >= 0.3 is 0 Å². The molecule has 0 spiro atoms. The Labute approximate surface area is 179 Å². The summed E-state index contributed by atoms with van der Waals surface area (Å²) in [6.45, 7) is 2.45. The van der Waals surface area contributed by atoms with E-state index in [9.17, 15) is 9.59 Å². The van der Waals surface area contributed by atoms with Gasteiger partial charge in [-0.3, -0.25) is 14.5 Å². The number of nitrogens with zero attached hydrogens (tertiary/aromatic N) is 1. The fourth-order valence-electron chi connectivity index (χ4n) is 3.50. The molecule has 0 bridgehead atoms. The minimum Gasteiger partial charge on any atom is -0.497 e. The minimum atomic E-state index is -0.267. The monoisotopic (exact) mass is 459 g/mol. The van der Waals surface area contributed by atoms with Crippen molar-refractivity contribution in [3.8, 4) is 5.75 Å². The molecule has 29 heavy (non-hydrogen) atoms. The van der Waals surface area contributed by atoms with Gasteiger partial charge in [-0.15, -0.1) is 0 Å². The standard InChI is InChI=1S/C22H26BrN3O3/c1-29-19-6-4-5-17(13-19)20(26-11-2-3-12-26)14-24-21(27)15-25-22(28)16-7-9-18(23)10-8-16/h4-10,13,20H,2-3,11-12,14-15H2,1H3,(H,24,27)(H,25,28). The number of hydrogen-bond donors (Lipinski definition) is 2. The maximum atomic E-state index is 12.3. The van der Waals surface area contributed by atoms with Crippen molar-refractivity contribution in [3.63, 3.8) is 0 Å². The normalized spacial score (nSPS) is 15.0. The van der Waals surface area contributed by atoms with Crippen molar-refractivity contribution in [1.29, 1.82) is 0 Å². The molecule has 0 saturated carbocycles. The number of rotatable bonds is 8. The Morgan fingerprint density at radius 1 is 1.10 bits per heavy atom. The second-order valence-electron chi connectivity index (χ2n) is 7.03. The molecule has 1 aliphatic rings. The second kappa shape index (κ2) is 10.4. The Bertz CT molecular complexity index is 835. The maximum absolute atomic E-state index is 12.3. The third-order valence-electron chi connectivity index (χ3n) is 5.07. The summed E-state index contributed by atoms with van der Waals surface area (Å²) < 4.78 is 6.25. The highest BCUT2D eigenvalue weighted by Gasteiger charge is 2.24. The van der Waals surface area contributed by atoms with Crippen LogP contribution in [0, 0.1) is 0 Å². The van der Waals surface area contributed by atoms with Crippen LogP contribution in [0.2, 0.25) is 0 Å². The van der Waals surface area contributed by atoms with Crippen LogP contribution >= 0.6 is 15.9 Å². The van der Waals surface area contributed by atoms with Crippen LogP contribution in [0.3, 0.4) is 0 Å². The highest BCUT2D eigenvalue weighted by Crippen LogP contribution is 2.27. The Hall–Kier alpha value is -2.38. The fourth-order valence-corrected chi connectivity index (χ4v) is 3.76. The fraction of sp³-hybridized carbons (Fsp3) is 0.364. The van der Waals surface area contributed by atoms with Gasteiger partial charge in [-0.05, 0) is 67.9 Å². The van der Waals surface area contributed by atoms with E-state index < -0.39 is 0 Å². The van der Waals surface area contributed by atoms with E-state index in [-0.39, 0.29) is 24.4 Å². The molecule has 2 amide bonds. The van der Waals surface area contributed by atoms with Crippen LogP contribution in [0.1, 0.15) is 34.8 Å². The predicted molar refractivity (Wildman–Crippen MR) is 116 cm³/mol. The molecule has 2 aromatic rings. The molecule has 6 nitrogen and oxygen atoms in total. The van der Waals surface area contributed by atoms with Crippen LogP contribution in [0.4, 0.5) is 0 Å². The summed E-state index contributed by atoms with van der Waals surface area (Å²) in [6, 6.07) is 15.1. The van der Waals surface area contributed by atoms with Gasteiger partial charge in [-0.1, -0.05) is 28.1 Å². The van der Waals surface area contributed by atoms with Gasteiger partial charge in [0.1, 0.15) is 5.75 Å². The van der Waals surface area contributed by atoms with Gasteiger partial charge in [0.2, 0.25) is 5.91 Å². The predicted octanol–water partition coefficient (Wildman–Crippen LogP) is 3.14. The molecule has 0 aromatic heterocycles. The topological polar surface area (TPSA) is 70.7 Å². The molecule has 1 heterocycles. The van der Waals surface area contributed by atoms with Crippen LogP contribution in [0.25, 0.3) is 0 Å². The zero-order valence-electron chi connectivity index (χ0n) is 16.5. The molecule has 1 atom stereocenters. The van der Waals surface area contributed by atoms with Crippen LogP contribution in [-0.4, -0.2) is 50.0 Å². The van der Waals surface area contributed by atoms with Crippen molar-refractivity contribution in [2.24, 2.45) is 0 Å². The molecule has 0 aliphatic carbocycles. The van der Waals surface area contributed by atoms with Gasteiger partial charge in [0.15, 0.2) is 0 Å². The van der Waals surface area contributed by atoms with Gasteiger partial charge < -0.3 is 15.4 Å². The SMILES string of the molecule is COc1cccc(C(CNC(=O)CNC(=O)c2ccc(Br)cc2)N2CCCC2)c1. The number of methoxy groups -OCH3 is 1. The number of carbonyl (C=O) groups excluding carboxylic acids is 2. The number of likely N-dealkylation sites (tertiary alicyclic amines) is 1. The first-order chi connectivity index (χ1) is 14.1. The molecule has 2 N–H and O–H groups in total. The summed E-state index contributed by atoms with van der Waals surface area (Å²) in [5, 5.41) is 5.64. The van der Waals surface area contributed by atoms with Crippen LogP contribution in [0.5, 0.6) is 5.75 Å². The average Bonchev–Trinajstić information content (AvgIpc) is 3.27. The Morgan fingerprint density at radius 3 is 2.52 bits per heavy atom. The van der Waals surface area contributed by atoms with Crippen LogP contribution in [0.15, 0.2) is 53.0 Å². The number of hydrogen-bond acceptors (Lipinski definition) is 4. The van der Waals surface area contributed by atoms with E-state index >= 15 is 0 Å². The summed E-state index contributed by atoms with van der Waals surface area (Å²) in [5.41, 5.74) is 1.64. The average molecular weight is 460 g/mol. The molecule has 154 valence electrons. The summed E-state index contributed by atoms with van der Waals surface area (Å²) in [7, 11) is 1.65. The Kier molecular flexibility index (Phi) is 7.66. The largest absolute Gasteiger partial charge is 0.497 e. The number of ether oxygens (including phenoxy) is 1. The summed E-state index contributed by atoms with van der Waals surface area (Å²) in [4.78, 5) is 26.9. The zero-order chi connectivity index (χ0) is 20.6. The van der Waals surface area contributed by atoms with Crippen molar-refractivity contribution < 1.29 is 14.3 Å². The van der Waals surface area contributed by atoms with E-state index in [4.69, 9.17) is 4.74 Å². The Balaban J connectivity index is 1.56. The lowest BCUT2D eigenvalue weighted by Crippen LogP contribution is -2.41. The number of benzene rings is 2. The lowest BCUT2D eigenvalue weighted by atomic mass is 10.0. The Morgan fingerprint density at radius 2 is 1.83 bits per heavy atom. The molecular weight excluding hydrogens is 434 g/mol. The molecule has 1 saturated heterocycles. The van der Waals surface area contributed by atoms with E-state index in [0.717, 1.165) is 41.7 Å². The van der Waals surface area contributed by atoms with Crippen LogP contribution in [-0.2, 0) is 4.79 Å². The van der Waals surface area contributed by atoms with E-state index in [0.29, 0.717) is 12.1 Å². The number of amides is 2. The van der Waals surface area contributed by atoms with Crippen molar-refractivity contribution in [2.45, 2.75) is 18.9 Å². The van der Waals surface area contributed by atoms with Crippen molar-refractivity contribution in [2.75, 3.05) is 33.3 Å². The molecule has 3 rings (SSSR count). The number of halogens is 1. The molecule has 1 unspecified atom stereocenters. The second-order valence-corrected chi connectivity index (χ2v) is 7.94. The third-order valence-corrected chi connectivity index (χ3v) is 5.60. The number of nitrogens with one attached hydrogen (secondary N) is 2. The molecule has 7 heteroatoms. The first-order valence-electron chi connectivity index (χ1n) is 9.75. The maximum Gasteiger partial charge on any atom is 0.251 e. The summed E-state index contributed by atoms with van der Waals surface area (Å²) >= 11 is 3.34. The lowest BCUT2D eigenvalue weighted by molar-refractivity contribution is -0.120. The molecule has 2 aromatic carbocycles. The minimum absolute atomic E-state index is 0.0558. The zero-order valence-corrected chi connectivity index (χ0v) is 18.1. The van der Waals surface area contributed by atoms with E-state index in [1.165, 1.54) is 0 Å². The highest BCUT2D eigenvalue weighted by atomic mass is 79.9. The first-order valence-corrected chi connectivity index (χ1v) is 10.5. The first kappa shape index (κ1) is 21.3. The van der Waals surface area contributed by atoms with Gasteiger partial charge in [0.05, 0.1) is 19.7 Å². The summed E-state index contributed by atoms with van der Waals surface area (Å²) in [5.74, 6) is 0.332. The van der Waals surface area contributed by atoms with Crippen molar-refractivity contribution in [3.05, 3.63) is 64.1 Å². The quantitative estimate of drug-likeness (QED) is 0.635. The lowest BCUT2D eigenvalue weighted by Gasteiger charge is -2.28. The third kappa shape index (κ3) is 6.05. The molecule has 1 aliphatic heterocycles. The highest BCUT2D eigenvalue weighted by molar-refractivity contribution is 9.10. The van der Waals surface area contributed by atoms with E-state index in [2.05, 4.69) is 37.5 Å². The number of carbonyl (C=O) groups is 2. The molecular formula is C22H26BrN3O3. The van der Waals surface area contributed by atoms with E-state index in [1.807, 2.05) is 18.2 Å². The van der Waals surface area contributed by atoms with Gasteiger partial charge in [0.25, 0.3) is 5.91 Å². The smallest absolute Gasteiger partial charge is 0.251 e. The van der Waals surface area contributed by atoms with Gasteiger partial charge in [-0.2, -0.15) is 0 Å². The summed E-state index contributed by atoms with van der Waals surface area (Å²) in [6.07, 6.45) is 2.33. The van der Waals surface area contributed by atoms with Crippen molar-refractivity contribution >= 4 is 27.7 Å². The van der Waals surface area contributed by atoms with Gasteiger partial charge in [-0.25, -0.2) is 0 Å². The van der Waals surface area contributed by atoms with Crippen molar-refractivity contribution in [1.82, 2.24) is 15.5 Å². The van der Waals surface area contributed by atoms with E-state index in [1.54, 1.807) is 31.4 Å².